The minimum absolute atomic E-state index is 0.201. The Kier molecular flexibility index (Phi) is 4.72. The first-order valence-electron chi connectivity index (χ1n) is 6.85. The van der Waals surface area contributed by atoms with Crippen molar-refractivity contribution in [2.24, 2.45) is 0 Å². The molecule has 0 fully saturated rings. The summed E-state index contributed by atoms with van der Waals surface area (Å²) >= 11 is 4.14. The third-order valence-corrected chi connectivity index (χ3v) is 5.09. The van der Waals surface area contributed by atoms with Crippen LogP contribution in [0.5, 0.6) is 0 Å². The molecule has 2 aromatic heterocycles. The van der Waals surface area contributed by atoms with E-state index in [1.165, 1.54) is 14.0 Å². The zero-order valence-electron chi connectivity index (χ0n) is 11.7. The Bertz CT molecular complexity index is 705. The van der Waals surface area contributed by atoms with Gasteiger partial charge in [-0.3, -0.25) is 0 Å². The molecule has 1 aromatic carbocycles. The van der Waals surface area contributed by atoms with Crippen molar-refractivity contribution >= 4 is 33.9 Å². The van der Waals surface area contributed by atoms with Crippen LogP contribution in [0.2, 0.25) is 0 Å². The number of halogens is 1. The highest BCUT2D eigenvalue weighted by Crippen LogP contribution is 2.27. The number of para-hydroxylation sites is 1. The van der Waals surface area contributed by atoms with Gasteiger partial charge in [-0.2, -0.15) is 5.10 Å². The molecule has 2 heterocycles. The molecule has 3 nitrogen and oxygen atoms in total. The molecule has 3 rings (SSSR count). The lowest BCUT2D eigenvalue weighted by Gasteiger charge is -2.14. The molecular formula is C16H16IN3S. The second-order valence-electron chi connectivity index (χ2n) is 4.73. The van der Waals surface area contributed by atoms with Gasteiger partial charge in [0, 0.05) is 11.8 Å². The van der Waals surface area contributed by atoms with Gasteiger partial charge >= 0.3 is 0 Å². The molecule has 108 valence electrons. The summed E-state index contributed by atoms with van der Waals surface area (Å²) < 4.78 is 3.23. The highest BCUT2D eigenvalue weighted by Gasteiger charge is 2.16. The average molecular weight is 409 g/mol. The lowest BCUT2D eigenvalue weighted by molar-refractivity contribution is 0.632. The van der Waals surface area contributed by atoms with Crippen LogP contribution in [0.4, 0.5) is 0 Å². The second-order valence-corrected chi connectivity index (χ2v) is 7.53. The van der Waals surface area contributed by atoms with Crippen LogP contribution >= 0.6 is 33.9 Å². The summed E-state index contributed by atoms with van der Waals surface area (Å²) in [5.41, 5.74) is 3.58. The van der Waals surface area contributed by atoms with E-state index in [1.807, 2.05) is 29.1 Å². The van der Waals surface area contributed by atoms with Crippen LogP contribution in [0.3, 0.4) is 0 Å². The smallest absolute Gasteiger partial charge is 0.0656 e. The summed E-state index contributed by atoms with van der Waals surface area (Å²) in [4.78, 5) is 0. The van der Waals surface area contributed by atoms with Crippen LogP contribution in [0.1, 0.15) is 24.1 Å². The molecule has 21 heavy (non-hydrogen) atoms. The van der Waals surface area contributed by atoms with E-state index in [4.69, 9.17) is 0 Å². The van der Waals surface area contributed by atoms with Crippen molar-refractivity contribution in [2.75, 3.05) is 6.54 Å². The monoisotopic (exact) mass is 409 g/mol. The quantitative estimate of drug-likeness (QED) is 0.639. The normalized spacial score (nSPS) is 12.5. The number of thiophene rings is 1. The molecule has 0 spiro atoms. The van der Waals surface area contributed by atoms with Crippen LogP contribution in [-0.4, -0.2) is 16.3 Å². The SMILES string of the molecule is CCNC(c1csc(I)c1)c1cnn(-c2ccccc2)c1. The molecule has 0 bridgehead atoms. The van der Waals surface area contributed by atoms with Gasteiger partial charge in [0.15, 0.2) is 0 Å². The number of aromatic nitrogens is 2. The Morgan fingerprint density at radius 2 is 2.10 bits per heavy atom. The lowest BCUT2D eigenvalue weighted by atomic mass is 10.1. The molecule has 1 atom stereocenters. The summed E-state index contributed by atoms with van der Waals surface area (Å²) in [6.45, 7) is 3.06. The van der Waals surface area contributed by atoms with Crippen LogP contribution in [-0.2, 0) is 0 Å². The van der Waals surface area contributed by atoms with Gasteiger partial charge in [-0.15, -0.1) is 11.3 Å². The standard InChI is InChI=1S/C16H16IN3S/c1-2-18-16(12-8-15(17)21-11-12)13-9-19-20(10-13)14-6-4-3-5-7-14/h3-11,16,18H,2H2,1H3. The van der Waals surface area contributed by atoms with E-state index in [-0.39, 0.29) is 6.04 Å². The highest BCUT2D eigenvalue weighted by atomic mass is 127. The minimum atomic E-state index is 0.201. The fraction of sp³-hybridized carbons (Fsp3) is 0.188. The van der Waals surface area contributed by atoms with E-state index in [0.29, 0.717) is 0 Å². The molecule has 0 aliphatic heterocycles. The Hall–Kier alpha value is -1.18. The molecule has 0 saturated carbocycles. The Labute approximate surface area is 142 Å². The summed E-state index contributed by atoms with van der Waals surface area (Å²) in [6.07, 6.45) is 4.05. The number of hydrogen-bond acceptors (Lipinski definition) is 3. The summed E-state index contributed by atoms with van der Waals surface area (Å²) in [6, 6.07) is 12.6. The number of benzene rings is 1. The fourth-order valence-corrected chi connectivity index (χ4v) is 3.71. The molecule has 1 unspecified atom stereocenters. The molecule has 0 amide bonds. The third kappa shape index (κ3) is 3.36. The zero-order valence-corrected chi connectivity index (χ0v) is 14.6. The van der Waals surface area contributed by atoms with Gasteiger partial charge in [0.25, 0.3) is 0 Å². The third-order valence-electron chi connectivity index (χ3n) is 3.29. The Morgan fingerprint density at radius 3 is 2.76 bits per heavy atom. The van der Waals surface area contributed by atoms with Crippen molar-refractivity contribution < 1.29 is 0 Å². The van der Waals surface area contributed by atoms with Crippen LogP contribution < -0.4 is 5.32 Å². The van der Waals surface area contributed by atoms with E-state index < -0.39 is 0 Å². The molecule has 0 aliphatic carbocycles. The van der Waals surface area contributed by atoms with E-state index >= 15 is 0 Å². The number of hydrogen-bond donors (Lipinski definition) is 1. The van der Waals surface area contributed by atoms with E-state index in [9.17, 15) is 0 Å². The fourth-order valence-electron chi connectivity index (χ4n) is 2.31. The van der Waals surface area contributed by atoms with Crippen LogP contribution in [0.25, 0.3) is 5.69 Å². The second kappa shape index (κ2) is 6.72. The van der Waals surface area contributed by atoms with Crippen molar-refractivity contribution in [2.45, 2.75) is 13.0 Å². The van der Waals surface area contributed by atoms with Gasteiger partial charge in [0.2, 0.25) is 0 Å². The van der Waals surface area contributed by atoms with Gasteiger partial charge in [0.05, 0.1) is 20.8 Å². The Morgan fingerprint density at radius 1 is 1.29 bits per heavy atom. The molecule has 0 aliphatic rings. The number of rotatable bonds is 5. The summed E-state index contributed by atoms with van der Waals surface area (Å²) in [5.74, 6) is 0. The first kappa shape index (κ1) is 14.7. The van der Waals surface area contributed by atoms with E-state index in [0.717, 1.165) is 12.2 Å². The molecule has 1 N–H and O–H groups in total. The van der Waals surface area contributed by atoms with Crippen molar-refractivity contribution in [1.29, 1.82) is 0 Å². The molecule has 0 radical (unpaired) electrons. The van der Waals surface area contributed by atoms with Gasteiger partial charge in [-0.05, 0) is 58.3 Å². The summed E-state index contributed by atoms with van der Waals surface area (Å²) in [5, 5.41) is 10.3. The van der Waals surface area contributed by atoms with Gasteiger partial charge in [-0.1, -0.05) is 25.1 Å². The summed E-state index contributed by atoms with van der Waals surface area (Å²) in [7, 11) is 0. The van der Waals surface area contributed by atoms with Gasteiger partial charge < -0.3 is 5.32 Å². The molecular weight excluding hydrogens is 393 g/mol. The van der Waals surface area contributed by atoms with Crippen molar-refractivity contribution in [3.05, 3.63) is 68.2 Å². The highest BCUT2D eigenvalue weighted by molar-refractivity contribution is 14.1. The molecule has 5 heteroatoms. The minimum Gasteiger partial charge on any atom is -0.306 e. The predicted octanol–water partition coefficient (Wildman–Crippen LogP) is 4.24. The number of nitrogens with one attached hydrogen (secondary N) is 1. The topological polar surface area (TPSA) is 29.9 Å². The van der Waals surface area contributed by atoms with Crippen molar-refractivity contribution in [1.82, 2.24) is 15.1 Å². The van der Waals surface area contributed by atoms with Crippen LogP contribution in [0, 0.1) is 2.88 Å². The van der Waals surface area contributed by atoms with E-state index in [2.05, 4.69) is 69.7 Å². The zero-order chi connectivity index (χ0) is 14.7. The van der Waals surface area contributed by atoms with Gasteiger partial charge in [0.1, 0.15) is 0 Å². The maximum absolute atomic E-state index is 4.50. The number of nitrogens with zero attached hydrogens (tertiary/aromatic N) is 2. The van der Waals surface area contributed by atoms with E-state index in [1.54, 1.807) is 11.3 Å². The molecule has 3 aromatic rings. The van der Waals surface area contributed by atoms with Crippen LogP contribution in [0.15, 0.2) is 54.2 Å². The Balaban J connectivity index is 1.92. The average Bonchev–Trinajstić information content (AvgIpc) is 3.15. The maximum Gasteiger partial charge on any atom is 0.0656 e. The van der Waals surface area contributed by atoms with Crippen molar-refractivity contribution in [3.8, 4) is 5.69 Å². The first-order chi connectivity index (χ1) is 10.3. The predicted molar refractivity (Wildman–Crippen MR) is 96.1 cm³/mol. The maximum atomic E-state index is 4.50. The largest absolute Gasteiger partial charge is 0.306 e. The lowest BCUT2D eigenvalue weighted by Crippen LogP contribution is -2.21. The molecule has 0 saturated heterocycles. The van der Waals surface area contributed by atoms with Crippen molar-refractivity contribution in [3.63, 3.8) is 0 Å². The first-order valence-corrected chi connectivity index (χ1v) is 8.81. The van der Waals surface area contributed by atoms with Gasteiger partial charge in [-0.25, -0.2) is 4.68 Å².